The third-order valence-corrected chi connectivity index (χ3v) is 5.96. The molecule has 2 atom stereocenters. The summed E-state index contributed by atoms with van der Waals surface area (Å²) in [7, 11) is 0. The number of aromatic hydroxyl groups is 1. The summed E-state index contributed by atoms with van der Waals surface area (Å²) in [6.07, 6.45) is 7.23. The Morgan fingerprint density at radius 1 is 1.08 bits per heavy atom. The van der Waals surface area contributed by atoms with Crippen LogP contribution in [0.2, 0.25) is 0 Å². The van der Waals surface area contributed by atoms with Crippen molar-refractivity contribution in [1.29, 1.82) is 0 Å². The van der Waals surface area contributed by atoms with Gasteiger partial charge in [-0.25, -0.2) is 6.07 Å². The van der Waals surface area contributed by atoms with Crippen LogP contribution in [0.4, 0.5) is 0 Å². The van der Waals surface area contributed by atoms with Gasteiger partial charge in [0.05, 0.1) is 5.75 Å². The standard InChI is InChI=1S/C22H26N2O.C9H20O.K.2U/c1-5-16-7-10-18(11-8-16)20(22(23)24-6-2)14-17-9-12-21(25)19(13-17)15(3)4;1-4-7-10-8-6-9(3)5-2;;;/h7-8,10-13,15,22-23,25H,5-6H2,1-4H3;9H,4-8H2,1-3H3;;;/q-4;;+1;;+2. The van der Waals surface area contributed by atoms with E-state index in [1.807, 2.05) is 39.0 Å². The maximum atomic E-state index is 9.99. The molecule has 2 rings (SSSR count). The van der Waals surface area contributed by atoms with Crippen molar-refractivity contribution in [1.82, 2.24) is 0 Å². The van der Waals surface area contributed by atoms with Gasteiger partial charge in [0.25, 0.3) is 0 Å². The van der Waals surface area contributed by atoms with Crippen LogP contribution in [0.5, 0.6) is 5.75 Å². The Balaban J connectivity index is -0.000000812. The van der Waals surface area contributed by atoms with Crippen molar-refractivity contribution < 1.29 is 123 Å². The molecule has 0 aliphatic heterocycles. The molecule has 4 nitrogen and oxygen atoms in total. The molecule has 2 N–H and O–H groups in total. The first-order valence-electron chi connectivity index (χ1n) is 13.2. The second-order valence-corrected chi connectivity index (χ2v) is 9.25. The van der Waals surface area contributed by atoms with Crippen molar-refractivity contribution in [3.8, 4) is 5.75 Å². The fourth-order valence-electron chi connectivity index (χ4n) is 3.41. The van der Waals surface area contributed by atoms with Crippen LogP contribution in [0.1, 0.15) is 95.9 Å². The molecule has 7 heteroatoms. The van der Waals surface area contributed by atoms with Crippen LogP contribution in [0.3, 0.4) is 0 Å². The van der Waals surface area contributed by atoms with Crippen LogP contribution in [0, 0.1) is 80.3 Å². The number of phenols is 1. The summed E-state index contributed by atoms with van der Waals surface area (Å²) in [4.78, 5) is 0. The van der Waals surface area contributed by atoms with E-state index in [0.29, 0.717) is 6.54 Å². The third kappa shape index (κ3) is 17.5. The Labute approximate surface area is 323 Å². The van der Waals surface area contributed by atoms with E-state index in [0.717, 1.165) is 54.2 Å². The Kier molecular flexibility index (Phi) is 30.4. The smallest absolute Gasteiger partial charge is 0.692 e. The Morgan fingerprint density at radius 2 is 1.71 bits per heavy atom. The fourth-order valence-corrected chi connectivity index (χ4v) is 3.41. The number of hydrogen-bond donors (Lipinski definition) is 1. The fraction of sp³-hybridized carbons (Fsp3) is 0.548. The molecule has 38 heavy (non-hydrogen) atoms. The second-order valence-electron chi connectivity index (χ2n) is 9.25. The van der Waals surface area contributed by atoms with Crippen LogP contribution in [-0.2, 0) is 11.2 Å². The molecular formula is C31H46KN2O2U2-. The van der Waals surface area contributed by atoms with Gasteiger partial charge in [-0.05, 0) is 31.1 Å². The Bertz CT molecular complexity index is 877. The number of aryl methyl sites for hydroxylation is 1. The number of phenolic OH excluding ortho intramolecular Hbond substituents is 1. The van der Waals surface area contributed by atoms with Crippen LogP contribution in [0.15, 0.2) is 36.4 Å². The predicted octanol–water partition coefficient (Wildman–Crippen LogP) is 5.74. The molecule has 0 bridgehead atoms. The molecule has 2 aromatic rings. The van der Waals surface area contributed by atoms with E-state index in [2.05, 4.69) is 57.3 Å². The molecule has 0 radical (unpaired) electrons. The summed E-state index contributed by atoms with van der Waals surface area (Å²) in [5.41, 5.74) is 12.9. The molecule has 202 valence electrons. The molecule has 0 aliphatic carbocycles. The maximum Gasteiger partial charge on any atom is 2.00 e. The minimum Gasteiger partial charge on any atom is -0.692 e. The molecule has 0 saturated carbocycles. The maximum absolute atomic E-state index is 9.99. The summed E-state index contributed by atoms with van der Waals surface area (Å²) in [5.74, 6) is 1.28. The van der Waals surface area contributed by atoms with E-state index in [1.54, 1.807) is 6.07 Å². The molecule has 0 spiro atoms. The normalized spacial score (nSPS) is 12.3. The average Bonchev–Trinajstić information content (AvgIpc) is 2.86. The van der Waals surface area contributed by atoms with Crippen molar-refractivity contribution in [2.75, 3.05) is 19.8 Å². The Morgan fingerprint density at radius 3 is 2.21 bits per heavy atom. The molecule has 0 fully saturated rings. The largest absolute Gasteiger partial charge is 2.00 e. The molecule has 2 unspecified atom stereocenters. The zero-order valence-corrected chi connectivity index (χ0v) is 36.4. The zero-order valence-electron chi connectivity index (χ0n) is 24.9. The van der Waals surface area contributed by atoms with Gasteiger partial charge in [-0.1, -0.05) is 78.1 Å². The monoisotopic (exact) mass is 993 g/mol. The van der Waals surface area contributed by atoms with Crippen LogP contribution in [-0.4, -0.2) is 31.0 Å². The number of likely N-dealkylation sites (N-methyl/N-ethyl adjacent to an activating group) is 1. The number of hydrogen-bond acceptors (Lipinski definition) is 2. The molecule has 2 aromatic carbocycles. The summed E-state index contributed by atoms with van der Waals surface area (Å²) in [6, 6.07) is 14.7. The first kappa shape index (κ1) is 44.0. The van der Waals surface area contributed by atoms with E-state index in [-0.39, 0.29) is 125 Å². The SMILES string of the molecule is CCCOCCC(C)CC.CC[N-]C([NH-])C(=[C-]c1[c-]cc(O)c(C(C)C)c1)c1ccc(CC)cc1.[K+].[U+2].[U]. The van der Waals surface area contributed by atoms with Gasteiger partial charge < -0.3 is 20.9 Å². The van der Waals surface area contributed by atoms with E-state index in [4.69, 9.17) is 10.5 Å². The van der Waals surface area contributed by atoms with Gasteiger partial charge in [-0.15, -0.1) is 18.2 Å². The predicted molar refractivity (Wildman–Crippen MR) is 150 cm³/mol. The summed E-state index contributed by atoms with van der Waals surface area (Å²) < 4.78 is 5.36. The van der Waals surface area contributed by atoms with Gasteiger partial charge in [-0.2, -0.15) is 12.1 Å². The van der Waals surface area contributed by atoms with E-state index in [9.17, 15) is 5.11 Å². The third-order valence-electron chi connectivity index (χ3n) is 5.96. The topological polar surface area (TPSA) is 67.4 Å². The van der Waals surface area contributed by atoms with Gasteiger partial charge in [0.2, 0.25) is 0 Å². The number of benzene rings is 2. The van der Waals surface area contributed by atoms with Crippen LogP contribution in [0.25, 0.3) is 16.6 Å². The molecular weight excluding hydrogens is 948 g/mol. The molecule has 0 aliphatic rings. The number of nitrogens with one attached hydrogen (secondary N) is 1. The second kappa shape index (κ2) is 26.2. The Hall–Kier alpha value is 1.60. The van der Waals surface area contributed by atoms with Crippen molar-refractivity contribution in [3.05, 3.63) is 81.8 Å². The van der Waals surface area contributed by atoms with Crippen molar-refractivity contribution in [3.63, 3.8) is 0 Å². The minimum atomic E-state index is -0.692. The van der Waals surface area contributed by atoms with Gasteiger partial charge >= 0.3 is 82.5 Å². The molecule has 0 saturated heterocycles. The quantitative estimate of drug-likeness (QED) is 0.121. The molecule has 0 aromatic heterocycles. The van der Waals surface area contributed by atoms with Gasteiger partial charge in [0.15, 0.2) is 0 Å². The van der Waals surface area contributed by atoms with Gasteiger partial charge in [0.1, 0.15) is 0 Å². The van der Waals surface area contributed by atoms with Crippen molar-refractivity contribution >= 4 is 5.57 Å². The number of ether oxygens (including phenoxy) is 1. The van der Waals surface area contributed by atoms with E-state index < -0.39 is 6.17 Å². The summed E-state index contributed by atoms with van der Waals surface area (Å²) >= 11 is 0. The van der Waals surface area contributed by atoms with Crippen molar-refractivity contribution in [2.45, 2.75) is 86.2 Å². The average molecular weight is 994 g/mol. The zero-order chi connectivity index (χ0) is 26.2. The minimum absolute atomic E-state index is 0. The van der Waals surface area contributed by atoms with Crippen LogP contribution < -0.4 is 51.4 Å². The summed E-state index contributed by atoms with van der Waals surface area (Å²) in [5, 5.41) is 14.3. The molecule has 0 heterocycles. The number of nitrogens with zero attached hydrogens (tertiary/aromatic N) is 1. The first-order chi connectivity index (χ1) is 16.8. The number of rotatable bonds is 13. The van der Waals surface area contributed by atoms with E-state index >= 15 is 0 Å². The summed E-state index contributed by atoms with van der Waals surface area (Å²) in [6.45, 7) is 17.2. The molecule has 0 amide bonds. The van der Waals surface area contributed by atoms with Gasteiger partial charge in [-0.3, -0.25) is 29.4 Å². The first-order valence-corrected chi connectivity index (χ1v) is 13.2. The van der Waals surface area contributed by atoms with Crippen LogP contribution >= 0.6 is 0 Å². The van der Waals surface area contributed by atoms with Gasteiger partial charge in [0, 0.05) is 44.3 Å². The van der Waals surface area contributed by atoms with Crippen molar-refractivity contribution in [2.24, 2.45) is 5.92 Å². The van der Waals surface area contributed by atoms with E-state index in [1.165, 1.54) is 18.4 Å².